The Bertz CT molecular complexity index is 388. The molecular weight excluding hydrogens is 197 g/mol. The van der Waals surface area contributed by atoms with Gasteiger partial charge in [-0.05, 0) is 0 Å². The molecule has 1 N–H and O–H groups in total. The molecule has 0 saturated heterocycles. The summed E-state index contributed by atoms with van der Waals surface area (Å²) in [5.41, 5.74) is -1.18. The van der Waals surface area contributed by atoms with E-state index in [-0.39, 0.29) is 29.6 Å². The van der Waals surface area contributed by atoms with Crippen molar-refractivity contribution in [3.63, 3.8) is 0 Å². The van der Waals surface area contributed by atoms with E-state index >= 15 is 0 Å². The van der Waals surface area contributed by atoms with Gasteiger partial charge in [-0.3, -0.25) is 9.78 Å². The number of aromatic carboxylic acids is 1. The molecule has 70 valence electrons. The normalized spacial score (nSPS) is 9.00. The van der Waals surface area contributed by atoms with Crippen LogP contribution in [0.25, 0.3) is 0 Å². The van der Waals surface area contributed by atoms with E-state index in [2.05, 4.69) is 9.97 Å². The summed E-state index contributed by atoms with van der Waals surface area (Å²) in [5.74, 6) is -1.23. The molecule has 0 bridgehead atoms. The first kappa shape index (κ1) is 13.2. The number of anilines is 1. The van der Waals surface area contributed by atoms with Crippen LogP contribution in [0.3, 0.4) is 0 Å². The maximum absolute atomic E-state index is 11.0. The number of carboxylic acid groups (broad SMARTS) is 1. The van der Waals surface area contributed by atoms with Gasteiger partial charge in [0.25, 0.3) is 5.56 Å². The van der Waals surface area contributed by atoms with Crippen LogP contribution in [0, 0.1) is 0 Å². The van der Waals surface area contributed by atoms with Gasteiger partial charge in [-0.2, -0.15) is 0 Å². The molecule has 0 saturated carbocycles. The van der Waals surface area contributed by atoms with E-state index in [1.165, 1.54) is 0 Å². The van der Waals surface area contributed by atoms with Gasteiger partial charge in [0.05, 0.1) is 11.5 Å². The maximum Gasteiger partial charge on any atom is 1.00 e. The number of aromatic amines is 1. The number of rotatable bonds is 2. The Balaban J connectivity index is 0.00000169. The molecule has 0 fully saturated rings. The summed E-state index contributed by atoms with van der Waals surface area (Å²) in [4.78, 5) is 28.9. The van der Waals surface area contributed by atoms with Gasteiger partial charge >= 0.3 is 29.6 Å². The Hall–Kier alpha value is -0.850. The topological polar surface area (TPSA) is 89.1 Å². The van der Waals surface area contributed by atoms with Gasteiger partial charge in [-0.25, -0.2) is 4.98 Å². The molecule has 0 aliphatic carbocycles. The van der Waals surface area contributed by atoms with Crippen LogP contribution in [0.5, 0.6) is 0 Å². The molecular formula is C7H8N3NaO3. The zero-order valence-corrected chi connectivity index (χ0v) is 10.2. The van der Waals surface area contributed by atoms with Gasteiger partial charge in [0.2, 0.25) is 5.95 Å². The largest absolute Gasteiger partial charge is 1.00 e. The van der Waals surface area contributed by atoms with E-state index < -0.39 is 17.1 Å². The number of carbonyl (C=O) groups is 1. The Labute approximate surface area is 102 Å². The summed E-state index contributed by atoms with van der Waals surface area (Å²) < 4.78 is 0. The van der Waals surface area contributed by atoms with Gasteiger partial charge in [0.1, 0.15) is 0 Å². The molecule has 6 nitrogen and oxygen atoms in total. The first-order valence-corrected chi connectivity index (χ1v) is 3.50. The Morgan fingerprint density at radius 1 is 1.57 bits per heavy atom. The van der Waals surface area contributed by atoms with Crippen LogP contribution in [0.15, 0.2) is 11.0 Å². The second-order valence-corrected chi connectivity index (χ2v) is 2.63. The zero-order valence-electron chi connectivity index (χ0n) is 8.20. The number of nitrogens with zero attached hydrogens (tertiary/aromatic N) is 2. The Kier molecular flexibility index (Phi) is 4.82. The summed E-state index contributed by atoms with van der Waals surface area (Å²) in [6.45, 7) is 0. The number of aromatic nitrogens is 2. The molecule has 14 heavy (non-hydrogen) atoms. The van der Waals surface area contributed by atoms with E-state index in [4.69, 9.17) is 0 Å². The summed E-state index contributed by atoms with van der Waals surface area (Å²) in [6.07, 6.45) is 0.976. The number of carbonyl (C=O) groups excluding carboxylic acids is 1. The van der Waals surface area contributed by atoms with Crippen molar-refractivity contribution in [2.24, 2.45) is 0 Å². The smallest absolute Gasteiger partial charge is 0.545 e. The summed E-state index contributed by atoms with van der Waals surface area (Å²) in [5, 5.41) is 10.3. The first-order valence-electron chi connectivity index (χ1n) is 3.50. The van der Waals surface area contributed by atoms with Crippen LogP contribution in [0.4, 0.5) is 5.95 Å². The number of H-pyrrole nitrogens is 1. The van der Waals surface area contributed by atoms with E-state index in [1.807, 2.05) is 0 Å². The van der Waals surface area contributed by atoms with Gasteiger partial charge < -0.3 is 14.8 Å². The molecule has 0 amide bonds. The van der Waals surface area contributed by atoms with Crippen LogP contribution in [-0.2, 0) is 0 Å². The molecule has 0 aromatic carbocycles. The number of carboxylic acids is 1. The van der Waals surface area contributed by atoms with E-state index in [0.29, 0.717) is 5.95 Å². The number of nitrogens with one attached hydrogen (secondary N) is 1. The summed E-state index contributed by atoms with van der Waals surface area (Å²) in [7, 11) is 3.36. The number of hydrogen-bond donors (Lipinski definition) is 1. The average Bonchev–Trinajstić information content (AvgIpc) is 2.03. The van der Waals surface area contributed by atoms with Crippen molar-refractivity contribution in [1.29, 1.82) is 0 Å². The quantitative estimate of drug-likeness (QED) is 0.489. The van der Waals surface area contributed by atoms with Gasteiger partial charge in [-0.1, -0.05) is 0 Å². The summed E-state index contributed by atoms with van der Waals surface area (Å²) in [6, 6.07) is 0. The Morgan fingerprint density at radius 3 is 2.50 bits per heavy atom. The maximum atomic E-state index is 11.0. The van der Waals surface area contributed by atoms with Crippen LogP contribution in [0.1, 0.15) is 10.4 Å². The average molecular weight is 205 g/mol. The minimum atomic E-state index is -1.53. The van der Waals surface area contributed by atoms with Crippen molar-refractivity contribution in [3.8, 4) is 0 Å². The van der Waals surface area contributed by atoms with E-state index in [1.54, 1.807) is 19.0 Å². The van der Waals surface area contributed by atoms with Crippen molar-refractivity contribution in [2.45, 2.75) is 0 Å². The van der Waals surface area contributed by atoms with Crippen LogP contribution >= 0.6 is 0 Å². The molecule has 1 heterocycles. The van der Waals surface area contributed by atoms with Crippen molar-refractivity contribution in [3.05, 3.63) is 22.1 Å². The minimum Gasteiger partial charge on any atom is -0.545 e. The second-order valence-electron chi connectivity index (χ2n) is 2.63. The summed E-state index contributed by atoms with van der Waals surface area (Å²) >= 11 is 0. The fourth-order valence-electron chi connectivity index (χ4n) is 0.758. The SMILES string of the molecule is CN(C)c1ncc(C(=O)[O-])c(=O)[nH]1.[Na+]. The molecule has 0 aliphatic heterocycles. The van der Waals surface area contributed by atoms with Gasteiger partial charge in [0.15, 0.2) is 0 Å². The van der Waals surface area contributed by atoms with Crippen molar-refractivity contribution in [2.75, 3.05) is 19.0 Å². The second kappa shape index (κ2) is 5.14. The fourth-order valence-corrected chi connectivity index (χ4v) is 0.758. The van der Waals surface area contributed by atoms with Crippen molar-refractivity contribution in [1.82, 2.24) is 9.97 Å². The van der Waals surface area contributed by atoms with Gasteiger partial charge in [0, 0.05) is 20.3 Å². The third kappa shape index (κ3) is 2.83. The zero-order chi connectivity index (χ0) is 10.0. The Morgan fingerprint density at radius 2 is 2.14 bits per heavy atom. The number of hydrogen-bond acceptors (Lipinski definition) is 5. The van der Waals surface area contributed by atoms with Crippen molar-refractivity contribution < 1.29 is 39.5 Å². The minimum absolute atomic E-state index is 0. The van der Waals surface area contributed by atoms with Crippen LogP contribution in [-0.4, -0.2) is 30.0 Å². The van der Waals surface area contributed by atoms with E-state index in [0.717, 1.165) is 6.20 Å². The molecule has 0 unspecified atom stereocenters. The van der Waals surface area contributed by atoms with Crippen LogP contribution < -0.4 is 45.1 Å². The molecule has 1 aromatic heterocycles. The predicted molar refractivity (Wildman–Crippen MR) is 43.5 cm³/mol. The molecule has 0 radical (unpaired) electrons. The standard InChI is InChI=1S/C7H9N3O3.Na/c1-10(2)7-8-3-4(6(12)13)5(11)9-7;/h3H,1-2H3,(H,12,13)(H,8,9,11);/q;+1/p-1. The fraction of sp³-hybridized carbons (Fsp3) is 0.286. The molecule has 7 heteroatoms. The third-order valence-corrected chi connectivity index (χ3v) is 1.43. The van der Waals surface area contributed by atoms with E-state index in [9.17, 15) is 14.7 Å². The molecule has 0 spiro atoms. The molecule has 1 aromatic rings. The van der Waals surface area contributed by atoms with Gasteiger partial charge in [-0.15, -0.1) is 0 Å². The van der Waals surface area contributed by atoms with Crippen LogP contribution in [0.2, 0.25) is 0 Å². The predicted octanol–water partition coefficient (Wildman–Crippen LogP) is -4.80. The molecule has 1 rings (SSSR count). The molecule has 0 aliphatic rings. The monoisotopic (exact) mass is 205 g/mol. The van der Waals surface area contributed by atoms with Crippen molar-refractivity contribution >= 4 is 11.9 Å². The molecule has 0 atom stereocenters. The first-order chi connectivity index (χ1) is 6.02. The third-order valence-electron chi connectivity index (χ3n) is 1.43.